The van der Waals surface area contributed by atoms with Gasteiger partial charge in [-0.2, -0.15) is 0 Å². The Labute approximate surface area is 116 Å². The average Bonchev–Trinajstić information content (AvgIpc) is 2.76. The fourth-order valence-electron chi connectivity index (χ4n) is 1.82. The van der Waals surface area contributed by atoms with E-state index in [1.165, 1.54) is 11.3 Å². The lowest BCUT2D eigenvalue weighted by atomic mass is 10.2. The van der Waals surface area contributed by atoms with Gasteiger partial charge in [0.05, 0.1) is 4.88 Å². The minimum atomic E-state index is -0.741. The number of thiophene rings is 1. The fraction of sp³-hybridized carbons (Fsp3) is 0.0769. The van der Waals surface area contributed by atoms with Gasteiger partial charge in [0.25, 0.3) is 0 Å². The molecule has 0 aliphatic rings. The van der Waals surface area contributed by atoms with Crippen LogP contribution in [0.3, 0.4) is 0 Å². The molecule has 3 rings (SSSR count). The van der Waals surface area contributed by atoms with Gasteiger partial charge in [-0.3, -0.25) is 0 Å². The second-order valence-electron chi connectivity index (χ2n) is 4.05. The Morgan fingerprint density at radius 3 is 2.68 bits per heavy atom. The zero-order valence-electron chi connectivity index (χ0n) is 9.75. The van der Waals surface area contributed by atoms with Crippen molar-refractivity contribution in [2.45, 2.75) is 6.92 Å². The summed E-state index contributed by atoms with van der Waals surface area (Å²) in [4.78, 5) is 9.10. The van der Waals surface area contributed by atoms with Gasteiger partial charge < -0.3 is 0 Å². The van der Waals surface area contributed by atoms with Crippen molar-refractivity contribution in [1.82, 2.24) is 9.97 Å². The van der Waals surface area contributed by atoms with E-state index in [1.54, 1.807) is 0 Å². The van der Waals surface area contributed by atoms with Crippen molar-refractivity contribution < 1.29 is 8.78 Å². The fourth-order valence-corrected chi connectivity index (χ4v) is 2.91. The van der Waals surface area contributed by atoms with Gasteiger partial charge in [0.15, 0.2) is 11.6 Å². The number of rotatable bonds is 1. The van der Waals surface area contributed by atoms with E-state index >= 15 is 0 Å². The summed E-state index contributed by atoms with van der Waals surface area (Å²) < 4.78 is 26.9. The van der Waals surface area contributed by atoms with Crippen molar-refractivity contribution in [3.63, 3.8) is 0 Å². The summed E-state index contributed by atoms with van der Waals surface area (Å²) in [6.07, 6.45) is 0. The molecule has 3 aromatic rings. The normalized spacial score (nSPS) is 11.2. The molecule has 0 fully saturated rings. The van der Waals surface area contributed by atoms with Gasteiger partial charge in [0, 0.05) is 11.5 Å². The van der Waals surface area contributed by atoms with Crippen LogP contribution in [-0.4, -0.2) is 9.97 Å². The molecule has 0 amide bonds. The van der Waals surface area contributed by atoms with Crippen LogP contribution in [0.25, 0.3) is 21.6 Å². The third-order valence-corrected chi connectivity index (χ3v) is 4.04. The largest absolute Gasteiger partial charge is 0.224 e. The maximum atomic E-state index is 13.8. The minimum Gasteiger partial charge on any atom is -0.224 e. The summed E-state index contributed by atoms with van der Waals surface area (Å²) in [5, 5.41) is 2.12. The highest BCUT2D eigenvalue weighted by Gasteiger charge is 2.14. The molecule has 0 unspecified atom stereocenters. The zero-order valence-corrected chi connectivity index (χ0v) is 11.3. The predicted molar refractivity (Wildman–Crippen MR) is 72.5 cm³/mol. The summed E-state index contributed by atoms with van der Waals surface area (Å²) in [6.45, 7) is 1.91. The Morgan fingerprint density at radius 2 is 2.00 bits per heavy atom. The highest BCUT2D eigenvalue weighted by molar-refractivity contribution is 7.13. The topological polar surface area (TPSA) is 25.8 Å². The van der Waals surface area contributed by atoms with E-state index in [-0.39, 0.29) is 16.1 Å². The van der Waals surface area contributed by atoms with Crippen molar-refractivity contribution >= 4 is 33.8 Å². The monoisotopic (exact) mass is 296 g/mol. The van der Waals surface area contributed by atoms with Crippen LogP contribution < -0.4 is 0 Å². The number of halogens is 3. The smallest absolute Gasteiger partial charge is 0.171 e. The Bertz CT molecular complexity index is 786. The highest BCUT2D eigenvalue weighted by atomic mass is 35.5. The highest BCUT2D eigenvalue weighted by Crippen LogP contribution is 2.31. The molecule has 2 nitrogen and oxygen atoms in total. The second kappa shape index (κ2) is 4.51. The molecule has 19 heavy (non-hydrogen) atoms. The average molecular weight is 297 g/mol. The molecule has 0 aliphatic carbocycles. The molecule has 2 heterocycles. The van der Waals surface area contributed by atoms with Gasteiger partial charge >= 0.3 is 0 Å². The first kappa shape index (κ1) is 12.4. The van der Waals surface area contributed by atoms with Gasteiger partial charge in [-0.15, -0.1) is 11.3 Å². The van der Waals surface area contributed by atoms with Gasteiger partial charge in [-0.05, 0) is 30.0 Å². The third-order valence-electron chi connectivity index (χ3n) is 2.74. The van der Waals surface area contributed by atoms with Crippen LogP contribution in [0.4, 0.5) is 8.78 Å². The molecule has 1 aromatic carbocycles. The maximum absolute atomic E-state index is 13.8. The Kier molecular flexibility index (Phi) is 2.95. The number of hydrogen-bond acceptors (Lipinski definition) is 3. The van der Waals surface area contributed by atoms with Crippen molar-refractivity contribution in [2.24, 2.45) is 0 Å². The lowest BCUT2D eigenvalue weighted by molar-refractivity contribution is 0.590. The number of nitrogens with zero attached hydrogens (tertiary/aromatic N) is 2. The van der Waals surface area contributed by atoms with Crippen LogP contribution >= 0.6 is 22.9 Å². The van der Waals surface area contributed by atoms with E-state index < -0.39 is 11.6 Å². The molecule has 96 valence electrons. The van der Waals surface area contributed by atoms with E-state index in [2.05, 4.69) is 9.97 Å². The number of benzene rings is 1. The molecular formula is C13H7ClF2N2S. The Balaban J connectivity index is 2.34. The quantitative estimate of drug-likeness (QED) is 0.613. The SMILES string of the molecule is Cc1ccsc1-c1nc(Cl)c2cc(F)cc(F)c2n1. The van der Waals surface area contributed by atoms with Crippen molar-refractivity contribution in [1.29, 1.82) is 0 Å². The minimum absolute atomic E-state index is 0.0317. The van der Waals surface area contributed by atoms with Crippen molar-refractivity contribution in [2.75, 3.05) is 0 Å². The van der Waals surface area contributed by atoms with E-state index in [4.69, 9.17) is 11.6 Å². The summed E-state index contributed by atoms with van der Waals surface area (Å²) >= 11 is 7.44. The lowest BCUT2D eigenvalue weighted by Crippen LogP contribution is -1.95. The van der Waals surface area contributed by atoms with E-state index in [0.717, 1.165) is 22.6 Å². The Hall–Kier alpha value is -1.59. The molecule has 0 N–H and O–H groups in total. The van der Waals surface area contributed by atoms with Gasteiger partial charge in [-0.25, -0.2) is 18.7 Å². The molecular weight excluding hydrogens is 290 g/mol. The van der Waals surface area contributed by atoms with Gasteiger partial charge in [-0.1, -0.05) is 11.6 Å². The van der Waals surface area contributed by atoms with Crippen LogP contribution in [0.5, 0.6) is 0 Å². The molecule has 0 saturated heterocycles. The molecule has 0 radical (unpaired) electrons. The van der Waals surface area contributed by atoms with E-state index in [1.807, 2.05) is 18.4 Å². The van der Waals surface area contributed by atoms with Gasteiger partial charge in [0.2, 0.25) is 0 Å². The molecule has 0 spiro atoms. The first-order valence-electron chi connectivity index (χ1n) is 5.43. The predicted octanol–water partition coefficient (Wildman–Crippen LogP) is 4.60. The van der Waals surface area contributed by atoms with Crippen molar-refractivity contribution in [3.8, 4) is 10.7 Å². The van der Waals surface area contributed by atoms with Crippen LogP contribution in [0.1, 0.15) is 5.56 Å². The first-order chi connectivity index (χ1) is 9.06. The van der Waals surface area contributed by atoms with Crippen LogP contribution in [0.15, 0.2) is 23.6 Å². The second-order valence-corrected chi connectivity index (χ2v) is 5.33. The molecule has 0 aliphatic heterocycles. The molecule has 0 bridgehead atoms. The summed E-state index contributed by atoms with van der Waals surface area (Å²) in [5.41, 5.74) is 1.02. The number of fused-ring (bicyclic) bond motifs is 1. The summed E-state index contributed by atoms with van der Waals surface area (Å²) in [6, 6.07) is 3.84. The molecule has 2 aromatic heterocycles. The van der Waals surface area contributed by atoms with Crippen LogP contribution in [0, 0.1) is 18.6 Å². The Morgan fingerprint density at radius 1 is 1.21 bits per heavy atom. The number of aryl methyl sites for hydroxylation is 1. The van der Waals surface area contributed by atoms with E-state index in [0.29, 0.717) is 5.82 Å². The number of aromatic nitrogens is 2. The van der Waals surface area contributed by atoms with Crippen molar-refractivity contribution in [3.05, 3.63) is 45.9 Å². The third kappa shape index (κ3) is 2.09. The maximum Gasteiger partial charge on any atom is 0.171 e. The van der Waals surface area contributed by atoms with Gasteiger partial charge in [0.1, 0.15) is 16.5 Å². The lowest BCUT2D eigenvalue weighted by Gasteiger charge is -2.05. The molecule has 6 heteroatoms. The van der Waals surface area contributed by atoms with E-state index in [9.17, 15) is 8.78 Å². The summed E-state index contributed by atoms with van der Waals surface area (Å²) in [5.74, 6) is -1.08. The first-order valence-corrected chi connectivity index (χ1v) is 6.69. The summed E-state index contributed by atoms with van der Waals surface area (Å²) in [7, 11) is 0. The number of hydrogen-bond donors (Lipinski definition) is 0. The molecule has 0 saturated carbocycles. The zero-order chi connectivity index (χ0) is 13.6. The van der Waals surface area contributed by atoms with Crippen LogP contribution in [0.2, 0.25) is 5.15 Å². The van der Waals surface area contributed by atoms with Crippen LogP contribution in [-0.2, 0) is 0 Å². The standard InChI is InChI=1S/C13H7ClF2N2S/c1-6-2-3-19-11(6)13-17-10-8(12(14)18-13)4-7(15)5-9(10)16/h2-5H,1H3. The molecule has 0 atom stereocenters.